The molecule has 1 heterocycles. The summed E-state index contributed by atoms with van der Waals surface area (Å²) in [6.07, 6.45) is 9.40. The topological polar surface area (TPSA) is 65.4 Å². The van der Waals surface area contributed by atoms with Gasteiger partial charge in [0, 0.05) is 31.9 Å². The third-order valence-electron chi connectivity index (χ3n) is 6.46. The fourth-order valence-corrected chi connectivity index (χ4v) is 5.03. The number of aromatic nitrogens is 2. The van der Waals surface area contributed by atoms with Crippen molar-refractivity contribution in [3.63, 3.8) is 0 Å². The molecule has 2 aliphatic rings. The van der Waals surface area contributed by atoms with Crippen LogP contribution in [0.2, 0.25) is 0 Å². The first-order valence-corrected chi connectivity index (χ1v) is 10.1. The number of imidazole rings is 1. The van der Waals surface area contributed by atoms with Crippen LogP contribution in [0.25, 0.3) is 0 Å². The number of carbonyl (C=O) groups is 1. The molecular weight excluding hydrogens is 354 g/mol. The highest BCUT2D eigenvalue weighted by atomic mass is 16.5. The van der Waals surface area contributed by atoms with Crippen molar-refractivity contribution in [1.29, 1.82) is 0 Å². The minimum atomic E-state index is -0.352. The van der Waals surface area contributed by atoms with Gasteiger partial charge in [-0.2, -0.15) is 0 Å². The van der Waals surface area contributed by atoms with E-state index in [-0.39, 0.29) is 11.9 Å². The summed E-state index contributed by atoms with van der Waals surface area (Å²) >= 11 is 0. The normalized spacial score (nSPS) is 24.2. The van der Waals surface area contributed by atoms with Crippen LogP contribution in [-0.4, -0.2) is 29.7 Å². The standard InChI is InChI=1S/C22H29N3O3/c1-25-7-6-23-22(25)21(17-10-18(27-2)13-19(11-17)28-3)24-20(26)12-16-9-14-4-5-15(16)8-14/h6-7,10-11,13-16,21H,4-5,8-9,12H2,1-3H3,(H,24,26). The third kappa shape index (κ3) is 3.73. The number of nitrogens with one attached hydrogen (secondary N) is 1. The lowest BCUT2D eigenvalue weighted by Crippen LogP contribution is -2.33. The van der Waals surface area contributed by atoms with Crippen molar-refractivity contribution in [2.24, 2.45) is 24.8 Å². The summed E-state index contributed by atoms with van der Waals surface area (Å²) < 4.78 is 12.8. The zero-order valence-electron chi connectivity index (χ0n) is 16.9. The van der Waals surface area contributed by atoms with Gasteiger partial charge >= 0.3 is 0 Å². The maximum absolute atomic E-state index is 13.0. The molecule has 4 atom stereocenters. The highest BCUT2D eigenvalue weighted by Crippen LogP contribution is 2.49. The Bertz CT molecular complexity index is 825. The first-order valence-electron chi connectivity index (χ1n) is 10.1. The lowest BCUT2D eigenvalue weighted by atomic mass is 9.86. The summed E-state index contributed by atoms with van der Waals surface area (Å²) in [5.74, 6) is 4.37. The summed E-state index contributed by atoms with van der Waals surface area (Å²) in [6.45, 7) is 0. The van der Waals surface area contributed by atoms with Gasteiger partial charge in [-0.25, -0.2) is 4.98 Å². The summed E-state index contributed by atoms with van der Waals surface area (Å²) in [6, 6.07) is 5.34. The molecule has 4 unspecified atom stereocenters. The predicted molar refractivity (Wildman–Crippen MR) is 106 cm³/mol. The quantitative estimate of drug-likeness (QED) is 0.795. The molecule has 1 amide bonds. The van der Waals surface area contributed by atoms with Crippen molar-refractivity contribution in [3.05, 3.63) is 42.0 Å². The van der Waals surface area contributed by atoms with E-state index in [0.717, 1.165) is 23.2 Å². The predicted octanol–water partition coefficient (Wildman–Crippen LogP) is 3.47. The van der Waals surface area contributed by atoms with E-state index in [1.54, 1.807) is 20.4 Å². The molecule has 6 nitrogen and oxygen atoms in total. The van der Waals surface area contributed by atoms with Gasteiger partial charge in [-0.05, 0) is 54.7 Å². The molecule has 2 bridgehead atoms. The van der Waals surface area contributed by atoms with Gasteiger partial charge in [-0.1, -0.05) is 6.42 Å². The maximum atomic E-state index is 13.0. The van der Waals surface area contributed by atoms with Crippen LogP contribution in [0.4, 0.5) is 0 Å². The highest BCUT2D eigenvalue weighted by molar-refractivity contribution is 5.77. The second-order valence-corrected chi connectivity index (χ2v) is 8.18. The van der Waals surface area contributed by atoms with E-state index < -0.39 is 0 Å². The number of amides is 1. The van der Waals surface area contributed by atoms with E-state index in [4.69, 9.17) is 9.47 Å². The molecule has 1 N–H and O–H groups in total. The fourth-order valence-electron chi connectivity index (χ4n) is 5.03. The average Bonchev–Trinajstić information content (AvgIpc) is 3.43. The summed E-state index contributed by atoms with van der Waals surface area (Å²) in [4.78, 5) is 17.5. The number of nitrogens with zero attached hydrogens (tertiary/aromatic N) is 2. The van der Waals surface area contributed by atoms with Gasteiger partial charge in [0.25, 0.3) is 0 Å². The van der Waals surface area contributed by atoms with Crippen LogP contribution in [0.5, 0.6) is 11.5 Å². The number of methoxy groups -OCH3 is 2. The SMILES string of the molecule is COc1cc(OC)cc(C(NC(=O)CC2CC3CCC2C3)c2nccn2C)c1. The van der Waals surface area contributed by atoms with Crippen molar-refractivity contribution >= 4 is 5.91 Å². The molecule has 2 aromatic rings. The number of benzene rings is 1. The van der Waals surface area contributed by atoms with E-state index in [1.165, 1.54) is 25.7 Å². The van der Waals surface area contributed by atoms with E-state index in [0.29, 0.717) is 23.8 Å². The largest absolute Gasteiger partial charge is 0.497 e. The van der Waals surface area contributed by atoms with Gasteiger partial charge in [0.1, 0.15) is 23.4 Å². The van der Waals surface area contributed by atoms with Gasteiger partial charge in [0.15, 0.2) is 0 Å². The molecule has 150 valence electrons. The number of fused-ring (bicyclic) bond motifs is 2. The Morgan fingerprint density at radius 3 is 2.50 bits per heavy atom. The number of hydrogen-bond donors (Lipinski definition) is 1. The Kier molecular flexibility index (Phi) is 5.29. The van der Waals surface area contributed by atoms with E-state index in [9.17, 15) is 4.79 Å². The first kappa shape index (κ1) is 18.8. The molecule has 0 aliphatic heterocycles. The second-order valence-electron chi connectivity index (χ2n) is 8.18. The Morgan fingerprint density at radius 1 is 1.21 bits per heavy atom. The van der Waals surface area contributed by atoms with Crippen molar-refractivity contribution < 1.29 is 14.3 Å². The molecule has 1 aromatic heterocycles. The zero-order valence-corrected chi connectivity index (χ0v) is 16.9. The third-order valence-corrected chi connectivity index (χ3v) is 6.46. The zero-order chi connectivity index (χ0) is 19.7. The first-order chi connectivity index (χ1) is 13.6. The van der Waals surface area contributed by atoms with Crippen LogP contribution < -0.4 is 14.8 Å². The molecule has 0 saturated heterocycles. The van der Waals surface area contributed by atoms with Crippen molar-refractivity contribution in [1.82, 2.24) is 14.9 Å². The van der Waals surface area contributed by atoms with Crippen molar-refractivity contribution in [2.45, 2.75) is 38.1 Å². The van der Waals surface area contributed by atoms with E-state index in [1.807, 2.05) is 36.0 Å². The molecule has 1 aromatic carbocycles. The lowest BCUT2D eigenvalue weighted by molar-refractivity contribution is -0.123. The summed E-state index contributed by atoms with van der Waals surface area (Å²) in [5, 5.41) is 3.23. The molecule has 0 radical (unpaired) electrons. The van der Waals surface area contributed by atoms with Gasteiger partial charge in [-0.15, -0.1) is 0 Å². The van der Waals surface area contributed by atoms with Gasteiger partial charge < -0.3 is 19.4 Å². The van der Waals surface area contributed by atoms with Crippen LogP contribution in [0.3, 0.4) is 0 Å². The molecule has 6 heteroatoms. The highest BCUT2D eigenvalue weighted by Gasteiger charge is 2.40. The van der Waals surface area contributed by atoms with Crippen LogP contribution >= 0.6 is 0 Å². The fraction of sp³-hybridized carbons (Fsp3) is 0.545. The minimum absolute atomic E-state index is 0.0901. The Morgan fingerprint density at radius 2 is 1.96 bits per heavy atom. The van der Waals surface area contributed by atoms with Crippen LogP contribution in [0.1, 0.15) is 49.5 Å². The second kappa shape index (κ2) is 7.86. The Labute approximate surface area is 166 Å². The molecule has 2 fully saturated rings. The summed E-state index contributed by atoms with van der Waals surface area (Å²) in [5.41, 5.74) is 0.895. The molecule has 2 aliphatic carbocycles. The molecular formula is C22H29N3O3. The number of hydrogen-bond acceptors (Lipinski definition) is 4. The average molecular weight is 383 g/mol. The van der Waals surface area contributed by atoms with Gasteiger partial charge in [0.05, 0.1) is 14.2 Å². The van der Waals surface area contributed by atoms with E-state index >= 15 is 0 Å². The van der Waals surface area contributed by atoms with Crippen LogP contribution in [-0.2, 0) is 11.8 Å². The lowest BCUT2D eigenvalue weighted by Gasteiger charge is -2.24. The number of ether oxygens (including phenoxy) is 2. The molecule has 4 rings (SSSR count). The molecule has 0 spiro atoms. The maximum Gasteiger partial charge on any atom is 0.221 e. The minimum Gasteiger partial charge on any atom is -0.497 e. The molecule has 28 heavy (non-hydrogen) atoms. The van der Waals surface area contributed by atoms with E-state index in [2.05, 4.69) is 10.3 Å². The van der Waals surface area contributed by atoms with Crippen molar-refractivity contribution in [3.8, 4) is 11.5 Å². The summed E-state index contributed by atoms with van der Waals surface area (Å²) in [7, 11) is 5.19. The Balaban J connectivity index is 1.58. The van der Waals surface area contributed by atoms with Crippen molar-refractivity contribution in [2.75, 3.05) is 14.2 Å². The van der Waals surface area contributed by atoms with Crippen LogP contribution in [0.15, 0.2) is 30.6 Å². The monoisotopic (exact) mass is 383 g/mol. The number of carbonyl (C=O) groups excluding carboxylic acids is 1. The van der Waals surface area contributed by atoms with Crippen LogP contribution in [0, 0.1) is 17.8 Å². The van der Waals surface area contributed by atoms with Gasteiger partial charge in [0.2, 0.25) is 5.91 Å². The Hall–Kier alpha value is -2.50. The van der Waals surface area contributed by atoms with Gasteiger partial charge in [-0.3, -0.25) is 4.79 Å². The molecule has 2 saturated carbocycles. The number of rotatable bonds is 7. The number of aryl methyl sites for hydroxylation is 1. The smallest absolute Gasteiger partial charge is 0.221 e.